The Morgan fingerprint density at radius 1 is 1.39 bits per heavy atom. The van der Waals surface area contributed by atoms with Gasteiger partial charge in [-0.15, -0.1) is 23.1 Å². The van der Waals surface area contributed by atoms with Gasteiger partial charge < -0.3 is 10.4 Å². The number of thiophene rings is 1. The molecule has 2 rings (SSSR count). The van der Waals surface area contributed by atoms with E-state index in [0.29, 0.717) is 11.7 Å². The lowest BCUT2D eigenvalue weighted by atomic mass is 10.3. The van der Waals surface area contributed by atoms with Gasteiger partial charge in [0.15, 0.2) is 0 Å². The molecule has 0 aliphatic rings. The fourth-order valence-corrected chi connectivity index (χ4v) is 3.39. The number of aryl methyl sites for hydroxylation is 1. The minimum Gasteiger partial charge on any atom is -0.396 e. The molecule has 6 heteroatoms. The Morgan fingerprint density at radius 2 is 2.22 bits per heavy atom. The van der Waals surface area contributed by atoms with Crippen LogP contribution in [-0.2, 0) is 6.42 Å². The van der Waals surface area contributed by atoms with Crippen LogP contribution in [0.15, 0.2) is 11.1 Å². The number of anilines is 1. The Bertz CT molecular complexity index is 527. The Balaban J connectivity index is 2.44. The van der Waals surface area contributed by atoms with Crippen LogP contribution < -0.4 is 5.32 Å². The molecule has 0 unspecified atom stereocenters. The van der Waals surface area contributed by atoms with Gasteiger partial charge in [0.2, 0.25) is 5.95 Å². The van der Waals surface area contributed by atoms with Gasteiger partial charge in [0.25, 0.3) is 0 Å². The van der Waals surface area contributed by atoms with Gasteiger partial charge in [0, 0.05) is 22.6 Å². The lowest BCUT2D eigenvalue weighted by molar-refractivity contribution is 0.322. The van der Waals surface area contributed by atoms with Crippen LogP contribution in [0.5, 0.6) is 0 Å². The third-order valence-corrected chi connectivity index (χ3v) is 4.57. The van der Waals surface area contributed by atoms with Crippen LogP contribution in [0.3, 0.4) is 0 Å². The van der Waals surface area contributed by atoms with Gasteiger partial charge in [0.1, 0.15) is 9.86 Å². The standard InChI is InChI=1S/C12H17N3OS2/c1-3-8-7-9-10(17-6-5-16)14-12(13-4-2)15-11(9)18-8/h7,16H,3-6H2,1-2H3,(H,13,14,15). The maximum Gasteiger partial charge on any atom is 0.225 e. The van der Waals surface area contributed by atoms with Crippen LogP contribution in [0.25, 0.3) is 10.2 Å². The zero-order valence-corrected chi connectivity index (χ0v) is 12.2. The molecule has 0 aromatic carbocycles. The molecule has 18 heavy (non-hydrogen) atoms. The molecule has 0 saturated carbocycles. The summed E-state index contributed by atoms with van der Waals surface area (Å²) >= 11 is 3.30. The zero-order chi connectivity index (χ0) is 13.0. The van der Waals surface area contributed by atoms with Crippen LogP contribution in [0.2, 0.25) is 0 Å². The molecular formula is C12H17N3OS2. The van der Waals surface area contributed by atoms with Crippen molar-refractivity contribution in [3.8, 4) is 0 Å². The smallest absolute Gasteiger partial charge is 0.225 e. The summed E-state index contributed by atoms with van der Waals surface area (Å²) in [6.07, 6.45) is 1.02. The van der Waals surface area contributed by atoms with Gasteiger partial charge in [-0.3, -0.25) is 0 Å². The summed E-state index contributed by atoms with van der Waals surface area (Å²) in [4.78, 5) is 11.4. The lowest BCUT2D eigenvalue weighted by Gasteiger charge is -2.05. The van der Waals surface area contributed by atoms with Crippen LogP contribution in [0.1, 0.15) is 18.7 Å². The number of nitrogens with zero attached hydrogens (tertiary/aromatic N) is 2. The van der Waals surface area contributed by atoms with Crippen molar-refractivity contribution in [3.05, 3.63) is 10.9 Å². The second-order valence-corrected chi connectivity index (χ2v) is 5.94. The maximum atomic E-state index is 8.95. The summed E-state index contributed by atoms with van der Waals surface area (Å²) < 4.78 is 0. The summed E-state index contributed by atoms with van der Waals surface area (Å²) in [7, 11) is 0. The number of aliphatic hydroxyl groups is 1. The molecule has 2 aromatic heterocycles. The Hall–Kier alpha value is -0.850. The van der Waals surface area contributed by atoms with Crippen molar-refractivity contribution in [3.63, 3.8) is 0 Å². The molecule has 2 aromatic rings. The van der Waals surface area contributed by atoms with E-state index in [-0.39, 0.29) is 6.61 Å². The Labute approximate surface area is 115 Å². The van der Waals surface area contributed by atoms with Crippen LogP contribution in [0.4, 0.5) is 5.95 Å². The molecule has 0 bridgehead atoms. The molecule has 2 N–H and O–H groups in total. The van der Waals surface area contributed by atoms with Crippen molar-refractivity contribution < 1.29 is 5.11 Å². The molecule has 0 aliphatic heterocycles. The average molecular weight is 283 g/mol. The topological polar surface area (TPSA) is 58.0 Å². The van der Waals surface area contributed by atoms with Crippen molar-refractivity contribution in [2.45, 2.75) is 25.3 Å². The second kappa shape index (κ2) is 6.36. The molecule has 2 heterocycles. The molecule has 0 amide bonds. The van der Waals surface area contributed by atoms with E-state index in [1.807, 2.05) is 6.92 Å². The number of nitrogens with one attached hydrogen (secondary N) is 1. The first-order valence-corrected chi connectivity index (χ1v) is 7.86. The fourth-order valence-electron chi connectivity index (χ4n) is 1.61. The van der Waals surface area contributed by atoms with Crippen molar-refractivity contribution >= 4 is 39.3 Å². The predicted octanol–water partition coefficient (Wildman–Crippen LogP) is 2.77. The number of hydrogen-bond acceptors (Lipinski definition) is 6. The summed E-state index contributed by atoms with van der Waals surface area (Å²) in [5.74, 6) is 1.34. The summed E-state index contributed by atoms with van der Waals surface area (Å²) in [5, 5.41) is 14.2. The van der Waals surface area contributed by atoms with E-state index in [4.69, 9.17) is 5.11 Å². The van der Waals surface area contributed by atoms with Crippen LogP contribution >= 0.6 is 23.1 Å². The molecule has 4 nitrogen and oxygen atoms in total. The summed E-state index contributed by atoms with van der Waals surface area (Å²) in [6, 6.07) is 2.16. The van der Waals surface area contributed by atoms with E-state index < -0.39 is 0 Å². The fraction of sp³-hybridized carbons (Fsp3) is 0.500. The van der Waals surface area contributed by atoms with Crippen molar-refractivity contribution in [2.75, 3.05) is 24.2 Å². The van der Waals surface area contributed by atoms with Gasteiger partial charge in [-0.05, 0) is 19.4 Å². The first-order chi connectivity index (χ1) is 8.78. The lowest BCUT2D eigenvalue weighted by Crippen LogP contribution is -2.02. The molecule has 0 spiro atoms. The molecular weight excluding hydrogens is 266 g/mol. The molecule has 0 atom stereocenters. The molecule has 0 radical (unpaired) electrons. The number of aromatic nitrogens is 2. The largest absolute Gasteiger partial charge is 0.396 e. The highest BCUT2D eigenvalue weighted by molar-refractivity contribution is 7.99. The SMILES string of the molecule is CCNc1nc(SCCO)c2cc(CC)sc2n1. The van der Waals surface area contributed by atoms with E-state index >= 15 is 0 Å². The molecule has 0 aliphatic carbocycles. The number of aliphatic hydroxyl groups excluding tert-OH is 1. The molecule has 98 valence electrons. The van der Waals surface area contributed by atoms with E-state index in [2.05, 4.69) is 28.3 Å². The van der Waals surface area contributed by atoms with Gasteiger partial charge >= 0.3 is 0 Å². The number of rotatable bonds is 6. The number of thioether (sulfide) groups is 1. The number of fused-ring (bicyclic) bond motifs is 1. The van der Waals surface area contributed by atoms with E-state index in [1.54, 1.807) is 23.1 Å². The van der Waals surface area contributed by atoms with Crippen LogP contribution in [0, 0.1) is 0 Å². The third kappa shape index (κ3) is 2.93. The zero-order valence-electron chi connectivity index (χ0n) is 10.6. The molecule has 0 saturated heterocycles. The monoisotopic (exact) mass is 283 g/mol. The Kier molecular flexibility index (Phi) is 4.79. The van der Waals surface area contributed by atoms with E-state index in [1.165, 1.54) is 4.88 Å². The van der Waals surface area contributed by atoms with Crippen LogP contribution in [-0.4, -0.2) is 34.0 Å². The highest BCUT2D eigenvalue weighted by Gasteiger charge is 2.11. The third-order valence-electron chi connectivity index (χ3n) is 2.42. The predicted molar refractivity (Wildman–Crippen MR) is 78.8 cm³/mol. The highest BCUT2D eigenvalue weighted by atomic mass is 32.2. The molecule has 0 fully saturated rings. The van der Waals surface area contributed by atoms with E-state index in [9.17, 15) is 0 Å². The first-order valence-electron chi connectivity index (χ1n) is 6.06. The van der Waals surface area contributed by atoms with Gasteiger partial charge in [-0.25, -0.2) is 9.97 Å². The quantitative estimate of drug-likeness (QED) is 0.630. The minimum absolute atomic E-state index is 0.164. The normalized spacial score (nSPS) is 11.1. The number of hydrogen-bond donors (Lipinski definition) is 2. The maximum absolute atomic E-state index is 8.95. The highest BCUT2D eigenvalue weighted by Crippen LogP contribution is 2.32. The van der Waals surface area contributed by atoms with Gasteiger partial charge in [-0.2, -0.15) is 0 Å². The first kappa shape index (κ1) is 13.6. The van der Waals surface area contributed by atoms with Crippen molar-refractivity contribution in [1.82, 2.24) is 9.97 Å². The van der Waals surface area contributed by atoms with Crippen molar-refractivity contribution in [1.29, 1.82) is 0 Å². The summed E-state index contributed by atoms with van der Waals surface area (Å²) in [6.45, 7) is 5.14. The van der Waals surface area contributed by atoms with Crippen molar-refractivity contribution in [2.24, 2.45) is 0 Å². The Morgan fingerprint density at radius 3 is 2.89 bits per heavy atom. The second-order valence-electron chi connectivity index (χ2n) is 3.74. The van der Waals surface area contributed by atoms with Gasteiger partial charge in [-0.1, -0.05) is 6.92 Å². The van der Waals surface area contributed by atoms with Gasteiger partial charge in [0.05, 0.1) is 6.61 Å². The summed E-state index contributed by atoms with van der Waals surface area (Å²) in [5.41, 5.74) is 0. The van der Waals surface area contributed by atoms with E-state index in [0.717, 1.165) is 28.2 Å². The average Bonchev–Trinajstić information content (AvgIpc) is 2.79. The minimum atomic E-state index is 0.164.